The van der Waals surface area contributed by atoms with Gasteiger partial charge in [0.25, 0.3) is 0 Å². The van der Waals surface area contributed by atoms with Crippen molar-refractivity contribution in [2.75, 3.05) is 0 Å². The van der Waals surface area contributed by atoms with Crippen molar-refractivity contribution >= 4 is 75.4 Å². The van der Waals surface area contributed by atoms with E-state index in [1.165, 1.54) is 187 Å². The van der Waals surface area contributed by atoms with Crippen LogP contribution in [0.15, 0.2) is 291 Å². The van der Waals surface area contributed by atoms with E-state index in [4.69, 9.17) is 0 Å². The molecule has 0 fully saturated rings. The van der Waals surface area contributed by atoms with Gasteiger partial charge < -0.3 is 0 Å². The van der Waals surface area contributed by atoms with Gasteiger partial charge in [-0.25, -0.2) is 0 Å². The third-order valence-corrected chi connectivity index (χ3v) is 20.3. The first-order valence-corrected chi connectivity index (χ1v) is 31.1. The Balaban J connectivity index is 0.702. The molecule has 0 amide bonds. The van der Waals surface area contributed by atoms with E-state index in [2.05, 4.69) is 319 Å². The lowest BCUT2D eigenvalue weighted by Crippen LogP contribution is -2.24. The molecule has 0 heterocycles. The van der Waals surface area contributed by atoms with Gasteiger partial charge in [-0.3, -0.25) is 0 Å². The van der Waals surface area contributed by atoms with Gasteiger partial charge in [0.05, 0.1) is 0 Å². The maximum atomic E-state index is 2.51. The van der Waals surface area contributed by atoms with E-state index < -0.39 is 0 Å². The molecule has 0 N–H and O–H groups in total. The van der Waals surface area contributed by atoms with Crippen molar-refractivity contribution in [2.45, 2.75) is 38.5 Å². The fourth-order valence-electron chi connectivity index (χ4n) is 16.3. The number of hydrogen-bond donors (Lipinski definition) is 0. The summed E-state index contributed by atoms with van der Waals surface area (Å²) in [7, 11) is 0. The summed E-state index contributed by atoms with van der Waals surface area (Å²) in [6, 6.07) is 110. The van der Waals surface area contributed by atoms with Crippen LogP contribution < -0.4 is 0 Å². The molecule has 0 saturated heterocycles. The zero-order chi connectivity index (χ0) is 58.6. The molecule has 412 valence electrons. The first-order chi connectivity index (χ1) is 43.2. The number of fused-ring (bicyclic) bond motifs is 16. The first kappa shape index (κ1) is 50.6. The molecule has 18 rings (SSSR count). The van der Waals surface area contributed by atoms with Gasteiger partial charge in [-0.05, 0) is 211 Å². The minimum absolute atomic E-state index is 0.265. The quantitative estimate of drug-likeness (QED) is 0.146. The van der Waals surface area contributed by atoms with E-state index in [9.17, 15) is 0 Å². The van der Waals surface area contributed by atoms with Crippen LogP contribution in [-0.4, -0.2) is 0 Å². The van der Waals surface area contributed by atoms with E-state index in [0.717, 1.165) is 0 Å². The Morgan fingerprint density at radius 3 is 0.739 bits per heavy atom. The lowest BCUT2D eigenvalue weighted by Gasteiger charge is -2.31. The second kappa shape index (κ2) is 18.9. The van der Waals surface area contributed by atoms with E-state index in [1.54, 1.807) is 0 Å². The van der Waals surface area contributed by atoms with Gasteiger partial charge in [0.15, 0.2) is 0 Å². The van der Waals surface area contributed by atoms with Crippen LogP contribution in [0.3, 0.4) is 0 Å². The van der Waals surface area contributed by atoms with Gasteiger partial charge >= 0.3 is 0 Å². The highest BCUT2D eigenvalue weighted by Gasteiger charge is 2.47. The highest BCUT2D eigenvalue weighted by Crippen LogP contribution is 2.63. The molecule has 0 radical (unpaired) electrons. The number of hydrogen-bond acceptors (Lipinski definition) is 0. The molecule has 2 aliphatic rings. The van der Waals surface area contributed by atoms with E-state index in [1.807, 2.05) is 0 Å². The smallest absolute Gasteiger partial charge is 0.0162 e. The largest absolute Gasteiger partial charge is 0.0616 e. The van der Waals surface area contributed by atoms with Crippen LogP contribution in [0.25, 0.3) is 164 Å². The summed E-state index contributed by atoms with van der Waals surface area (Å²) >= 11 is 0. The first-order valence-electron chi connectivity index (χ1n) is 31.1. The molecular weight excluding hydrogens is 1060 g/mol. The van der Waals surface area contributed by atoms with Crippen molar-refractivity contribution in [3.8, 4) is 89.0 Å². The standard InChI is InChI=1S/C88H60/c1-87(2)77-51-61(55-33-39-57(40-34-55)79-65-23-9-13-27-69(65)81(70-28-14-10-24-66(70)79)63-43-37-53-19-5-7-21-59(53)49-63)45-47-75(77)83-73-31-17-18-32-74(73)84-76-48-46-62(52-78(76)88(3,4)86(84)85(83)87)56-35-41-58(42-36-56)80-67-25-11-15-29-71(67)82(72-30-16-12-26-68(72)80)64-44-38-54-20-6-8-22-60(54)50-64/h5-52H,1-4H3. The van der Waals surface area contributed by atoms with Crippen molar-refractivity contribution in [1.29, 1.82) is 0 Å². The van der Waals surface area contributed by atoms with Crippen LogP contribution in [0.5, 0.6) is 0 Å². The summed E-state index contributed by atoms with van der Waals surface area (Å²) in [5.41, 5.74) is 25.6. The normalized spacial score (nSPS) is 13.6. The average molecular weight is 1120 g/mol. The molecule has 16 aromatic rings. The van der Waals surface area contributed by atoms with Gasteiger partial charge in [-0.15, -0.1) is 0 Å². The predicted octanol–water partition coefficient (Wildman–Crippen LogP) is 24.4. The number of benzene rings is 16. The molecule has 0 aliphatic heterocycles. The molecule has 0 spiro atoms. The minimum atomic E-state index is -0.265. The van der Waals surface area contributed by atoms with Crippen molar-refractivity contribution < 1.29 is 0 Å². The Labute approximate surface area is 513 Å². The zero-order valence-corrected chi connectivity index (χ0v) is 49.7. The highest BCUT2D eigenvalue weighted by molar-refractivity contribution is 6.23. The number of rotatable bonds is 6. The average Bonchev–Trinajstić information content (AvgIpc) is 1.56. The van der Waals surface area contributed by atoms with Crippen LogP contribution in [0.2, 0.25) is 0 Å². The molecule has 16 aromatic carbocycles. The third kappa shape index (κ3) is 7.33. The van der Waals surface area contributed by atoms with Crippen LogP contribution >= 0.6 is 0 Å². The van der Waals surface area contributed by atoms with Crippen LogP contribution in [0.4, 0.5) is 0 Å². The fourth-order valence-corrected chi connectivity index (χ4v) is 16.3. The molecule has 0 atom stereocenters. The van der Waals surface area contributed by atoms with Crippen molar-refractivity contribution in [1.82, 2.24) is 0 Å². The van der Waals surface area contributed by atoms with Crippen LogP contribution in [0.1, 0.15) is 49.9 Å². The van der Waals surface area contributed by atoms with Gasteiger partial charge in [0.1, 0.15) is 0 Å². The highest BCUT2D eigenvalue weighted by atomic mass is 14.5. The van der Waals surface area contributed by atoms with Gasteiger partial charge in [0, 0.05) is 10.8 Å². The van der Waals surface area contributed by atoms with E-state index >= 15 is 0 Å². The van der Waals surface area contributed by atoms with Crippen molar-refractivity contribution in [3.63, 3.8) is 0 Å². The lowest BCUT2D eigenvalue weighted by molar-refractivity contribution is 0.602. The Hall–Kier alpha value is -10.7. The van der Waals surface area contributed by atoms with E-state index in [0.29, 0.717) is 0 Å². The van der Waals surface area contributed by atoms with E-state index in [-0.39, 0.29) is 10.8 Å². The second-order valence-electron chi connectivity index (χ2n) is 25.8. The summed E-state index contributed by atoms with van der Waals surface area (Å²) in [4.78, 5) is 0. The summed E-state index contributed by atoms with van der Waals surface area (Å²) < 4.78 is 0. The van der Waals surface area contributed by atoms with Crippen molar-refractivity contribution in [2.24, 2.45) is 0 Å². The summed E-state index contributed by atoms with van der Waals surface area (Å²) in [5.74, 6) is 0. The second-order valence-corrected chi connectivity index (χ2v) is 25.8. The molecule has 0 nitrogen and oxygen atoms in total. The molecule has 88 heavy (non-hydrogen) atoms. The summed E-state index contributed by atoms with van der Waals surface area (Å²) in [6.07, 6.45) is 0. The van der Waals surface area contributed by atoms with Gasteiger partial charge in [-0.2, -0.15) is 0 Å². The topological polar surface area (TPSA) is 0 Å². The Kier molecular flexibility index (Phi) is 10.9. The maximum absolute atomic E-state index is 2.51. The monoisotopic (exact) mass is 1120 g/mol. The molecular formula is C88H60. The Bertz CT molecular complexity index is 5190. The van der Waals surface area contributed by atoms with Crippen LogP contribution in [-0.2, 0) is 10.8 Å². The molecule has 0 heteroatoms. The van der Waals surface area contributed by atoms with Crippen molar-refractivity contribution in [3.05, 3.63) is 313 Å². The van der Waals surface area contributed by atoms with Crippen LogP contribution in [0, 0.1) is 0 Å². The summed E-state index contributed by atoms with van der Waals surface area (Å²) in [5, 5.41) is 17.8. The molecule has 2 aliphatic carbocycles. The van der Waals surface area contributed by atoms with Gasteiger partial charge in [0.2, 0.25) is 0 Å². The predicted molar refractivity (Wildman–Crippen MR) is 377 cm³/mol. The Morgan fingerprint density at radius 2 is 0.420 bits per heavy atom. The summed E-state index contributed by atoms with van der Waals surface area (Å²) in [6.45, 7) is 9.92. The van der Waals surface area contributed by atoms with Gasteiger partial charge in [-0.1, -0.05) is 295 Å². The zero-order valence-electron chi connectivity index (χ0n) is 49.7. The fraction of sp³-hybridized carbons (Fsp3) is 0.0682. The Morgan fingerprint density at radius 1 is 0.182 bits per heavy atom. The maximum Gasteiger partial charge on any atom is 0.0162 e. The molecule has 0 saturated carbocycles. The lowest BCUT2D eigenvalue weighted by atomic mass is 9.71. The molecule has 0 unspecified atom stereocenters. The molecule has 0 aromatic heterocycles. The third-order valence-electron chi connectivity index (χ3n) is 20.3. The molecule has 0 bridgehead atoms. The SMILES string of the molecule is CC1(C)c2cc(-c3ccc(-c4c5ccccc5c(-c5ccc6ccccc6c5)c5ccccc45)cc3)ccc2-c2c1c1c(c3ccccc23)-c2ccc(-c3ccc(-c4c5ccccc5c(-c5ccc6ccccc6c5)c5ccccc45)cc3)cc2C1(C)C. The minimum Gasteiger partial charge on any atom is -0.0616 e.